The summed E-state index contributed by atoms with van der Waals surface area (Å²) in [7, 11) is 0. The summed E-state index contributed by atoms with van der Waals surface area (Å²) in [5.41, 5.74) is 7.63. The van der Waals surface area contributed by atoms with Gasteiger partial charge in [-0.3, -0.25) is 4.79 Å². The first-order chi connectivity index (χ1) is 9.63. The highest BCUT2D eigenvalue weighted by Gasteiger charge is 2.19. The zero-order valence-electron chi connectivity index (χ0n) is 11.5. The second-order valence-electron chi connectivity index (χ2n) is 4.55. The average Bonchev–Trinajstić information content (AvgIpc) is 2.64. The van der Waals surface area contributed by atoms with Crippen molar-refractivity contribution in [3.63, 3.8) is 0 Å². The SMILES string of the molecule is CCOC(=O)c1cccc(N2CCNC(=O)CC2)c1N. The maximum atomic E-state index is 11.8. The number of hydrogen-bond acceptors (Lipinski definition) is 5. The number of amides is 1. The Balaban J connectivity index is 2.25. The Kier molecular flexibility index (Phi) is 4.45. The summed E-state index contributed by atoms with van der Waals surface area (Å²) < 4.78 is 4.99. The van der Waals surface area contributed by atoms with Crippen LogP contribution in [-0.2, 0) is 9.53 Å². The van der Waals surface area contributed by atoms with Gasteiger partial charge in [-0.2, -0.15) is 0 Å². The van der Waals surface area contributed by atoms with E-state index in [0.29, 0.717) is 43.9 Å². The van der Waals surface area contributed by atoms with Crippen molar-refractivity contribution in [3.8, 4) is 0 Å². The predicted octanol–water partition coefficient (Wildman–Crippen LogP) is 0.772. The molecule has 0 unspecified atom stereocenters. The van der Waals surface area contributed by atoms with Crippen LogP contribution in [0.3, 0.4) is 0 Å². The fraction of sp³-hybridized carbons (Fsp3) is 0.429. The van der Waals surface area contributed by atoms with Crippen molar-refractivity contribution in [1.29, 1.82) is 0 Å². The quantitative estimate of drug-likeness (QED) is 0.630. The van der Waals surface area contributed by atoms with E-state index in [1.807, 2.05) is 11.0 Å². The van der Waals surface area contributed by atoms with Crippen molar-refractivity contribution in [1.82, 2.24) is 5.32 Å². The smallest absolute Gasteiger partial charge is 0.340 e. The number of benzene rings is 1. The average molecular weight is 277 g/mol. The van der Waals surface area contributed by atoms with Crippen molar-refractivity contribution in [2.24, 2.45) is 0 Å². The second-order valence-corrected chi connectivity index (χ2v) is 4.55. The number of rotatable bonds is 3. The second kappa shape index (κ2) is 6.27. The molecule has 0 spiro atoms. The zero-order chi connectivity index (χ0) is 14.5. The van der Waals surface area contributed by atoms with E-state index in [9.17, 15) is 9.59 Å². The summed E-state index contributed by atoms with van der Waals surface area (Å²) in [4.78, 5) is 25.2. The molecule has 1 fully saturated rings. The van der Waals surface area contributed by atoms with Crippen LogP contribution in [0, 0.1) is 0 Å². The highest BCUT2D eigenvalue weighted by Crippen LogP contribution is 2.27. The molecular weight excluding hydrogens is 258 g/mol. The van der Waals surface area contributed by atoms with Gasteiger partial charge in [-0.05, 0) is 19.1 Å². The van der Waals surface area contributed by atoms with Gasteiger partial charge in [-0.25, -0.2) is 4.79 Å². The van der Waals surface area contributed by atoms with E-state index in [1.165, 1.54) is 0 Å². The van der Waals surface area contributed by atoms with Crippen molar-refractivity contribution < 1.29 is 14.3 Å². The Labute approximate surface area is 117 Å². The Morgan fingerprint density at radius 2 is 2.25 bits per heavy atom. The number of carbonyl (C=O) groups is 2. The van der Waals surface area contributed by atoms with Gasteiger partial charge in [0.15, 0.2) is 0 Å². The summed E-state index contributed by atoms with van der Waals surface area (Å²) in [6, 6.07) is 5.28. The van der Waals surface area contributed by atoms with E-state index < -0.39 is 5.97 Å². The van der Waals surface area contributed by atoms with Crippen LogP contribution >= 0.6 is 0 Å². The number of nitrogens with two attached hydrogens (primary N) is 1. The fourth-order valence-corrected chi connectivity index (χ4v) is 2.22. The molecule has 1 aliphatic heterocycles. The Morgan fingerprint density at radius 3 is 3.00 bits per heavy atom. The highest BCUT2D eigenvalue weighted by molar-refractivity contribution is 5.98. The minimum Gasteiger partial charge on any atom is -0.462 e. The zero-order valence-corrected chi connectivity index (χ0v) is 11.5. The van der Waals surface area contributed by atoms with Gasteiger partial charge >= 0.3 is 5.97 Å². The molecule has 1 heterocycles. The first-order valence-corrected chi connectivity index (χ1v) is 6.70. The third-order valence-electron chi connectivity index (χ3n) is 3.23. The number of carbonyl (C=O) groups excluding carboxylic acids is 2. The van der Waals surface area contributed by atoms with Crippen molar-refractivity contribution in [2.45, 2.75) is 13.3 Å². The predicted molar refractivity (Wildman–Crippen MR) is 76.7 cm³/mol. The summed E-state index contributed by atoms with van der Waals surface area (Å²) in [6.45, 7) is 3.89. The van der Waals surface area contributed by atoms with Crippen molar-refractivity contribution >= 4 is 23.3 Å². The minimum atomic E-state index is -0.420. The molecule has 1 amide bonds. The number of hydrogen-bond donors (Lipinski definition) is 2. The Morgan fingerprint density at radius 1 is 1.45 bits per heavy atom. The summed E-state index contributed by atoms with van der Waals surface area (Å²) >= 11 is 0. The lowest BCUT2D eigenvalue weighted by atomic mass is 10.1. The Hall–Kier alpha value is -2.24. The van der Waals surface area contributed by atoms with Gasteiger partial charge < -0.3 is 20.7 Å². The number of nitrogens with one attached hydrogen (secondary N) is 1. The molecule has 0 saturated carbocycles. The topological polar surface area (TPSA) is 84.7 Å². The molecule has 6 nitrogen and oxygen atoms in total. The lowest BCUT2D eigenvalue weighted by molar-refractivity contribution is -0.120. The molecule has 0 aliphatic carbocycles. The lowest BCUT2D eigenvalue weighted by Crippen LogP contribution is -2.29. The number of para-hydroxylation sites is 1. The summed E-state index contributed by atoms with van der Waals surface area (Å²) in [6.07, 6.45) is 0.420. The van der Waals surface area contributed by atoms with E-state index >= 15 is 0 Å². The molecule has 1 aromatic carbocycles. The van der Waals surface area contributed by atoms with Gasteiger partial charge in [0.1, 0.15) is 0 Å². The molecule has 0 aromatic heterocycles. The number of esters is 1. The monoisotopic (exact) mass is 277 g/mol. The van der Waals surface area contributed by atoms with Crippen LogP contribution in [0.1, 0.15) is 23.7 Å². The van der Waals surface area contributed by atoms with Gasteiger partial charge in [-0.1, -0.05) is 6.07 Å². The highest BCUT2D eigenvalue weighted by atomic mass is 16.5. The molecule has 3 N–H and O–H groups in total. The molecule has 0 bridgehead atoms. The van der Waals surface area contributed by atoms with E-state index in [1.54, 1.807) is 19.1 Å². The third-order valence-corrected chi connectivity index (χ3v) is 3.23. The van der Waals surface area contributed by atoms with E-state index in [2.05, 4.69) is 5.32 Å². The lowest BCUT2D eigenvalue weighted by Gasteiger charge is -2.24. The molecule has 108 valence electrons. The van der Waals surface area contributed by atoms with Gasteiger partial charge in [0, 0.05) is 26.1 Å². The maximum absolute atomic E-state index is 11.8. The third kappa shape index (κ3) is 3.01. The van der Waals surface area contributed by atoms with E-state index in [4.69, 9.17) is 10.5 Å². The van der Waals surface area contributed by atoms with Crippen LogP contribution < -0.4 is 16.0 Å². The Bertz CT molecular complexity index is 516. The van der Waals surface area contributed by atoms with Crippen LogP contribution in [0.15, 0.2) is 18.2 Å². The molecule has 0 radical (unpaired) electrons. The first-order valence-electron chi connectivity index (χ1n) is 6.70. The van der Waals surface area contributed by atoms with Crippen LogP contribution in [0.4, 0.5) is 11.4 Å². The van der Waals surface area contributed by atoms with Crippen molar-refractivity contribution in [3.05, 3.63) is 23.8 Å². The molecule has 1 saturated heterocycles. The summed E-state index contributed by atoms with van der Waals surface area (Å²) in [5.74, 6) is -0.386. The molecule has 2 rings (SSSR count). The molecule has 0 atom stereocenters. The minimum absolute atomic E-state index is 0.0348. The first kappa shape index (κ1) is 14.2. The molecule has 1 aromatic rings. The molecule has 6 heteroatoms. The largest absolute Gasteiger partial charge is 0.462 e. The van der Waals surface area contributed by atoms with Crippen LogP contribution in [0.2, 0.25) is 0 Å². The normalized spacial score (nSPS) is 15.4. The molecule has 1 aliphatic rings. The maximum Gasteiger partial charge on any atom is 0.340 e. The van der Waals surface area contributed by atoms with Gasteiger partial charge in [0.2, 0.25) is 5.91 Å². The van der Waals surface area contributed by atoms with Crippen LogP contribution in [0.25, 0.3) is 0 Å². The van der Waals surface area contributed by atoms with E-state index in [0.717, 1.165) is 5.69 Å². The number of nitrogen functional groups attached to an aromatic ring is 1. The number of nitrogens with zero attached hydrogens (tertiary/aromatic N) is 1. The number of anilines is 2. The van der Waals surface area contributed by atoms with Crippen LogP contribution in [0.5, 0.6) is 0 Å². The standard InChI is InChI=1S/C14H19N3O3/c1-2-20-14(19)10-4-3-5-11(13(10)15)17-8-6-12(18)16-7-9-17/h3-5H,2,6-9,15H2,1H3,(H,16,18). The van der Waals surface area contributed by atoms with E-state index in [-0.39, 0.29) is 5.91 Å². The fourth-order valence-electron chi connectivity index (χ4n) is 2.22. The molecular formula is C14H19N3O3. The van der Waals surface area contributed by atoms with Gasteiger partial charge in [0.25, 0.3) is 0 Å². The van der Waals surface area contributed by atoms with Gasteiger partial charge in [0.05, 0.1) is 23.5 Å². The van der Waals surface area contributed by atoms with Crippen molar-refractivity contribution in [2.75, 3.05) is 36.9 Å². The summed E-state index contributed by atoms with van der Waals surface area (Å²) in [5, 5.41) is 2.81. The molecule has 20 heavy (non-hydrogen) atoms. The van der Waals surface area contributed by atoms with Crippen LogP contribution in [-0.4, -0.2) is 38.1 Å². The van der Waals surface area contributed by atoms with Gasteiger partial charge in [-0.15, -0.1) is 0 Å². The number of ether oxygens (including phenoxy) is 1.